The quantitative estimate of drug-likeness (QED) is 0.653. The van der Waals surface area contributed by atoms with Crippen LogP contribution in [-0.2, 0) is 0 Å². The van der Waals surface area contributed by atoms with Crippen molar-refractivity contribution in [3.8, 4) is 5.75 Å². The molecule has 0 heterocycles. The van der Waals surface area contributed by atoms with Gasteiger partial charge in [-0.25, -0.2) is 0 Å². The summed E-state index contributed by atoms with van der Waals surface area (Å²) in [6.07, 6.45) is 0. The Hall–Kier alpha value is -0.00312. The van der Waals surface area contributed by atoms with E-state index < -0.39 is 8.32 Å². The van der Waals surface area contributed by atoms with Crippen molar-refractivity contribution in [1.29, 1.82) is 0 Å². The lowest BCUT2D eigenvalue weighted by Crippen LogP contribution is -2.29. The van der Waals surface area contributed by atoms with E-state index in [1.807, 2.05) is 12.1 Å². The topological polar surface area (TPSA) is 35.2 Å². The summed E-state index contributed by atoms with van der Waals surface area (Å²) in [6.45, 7) is 6.41. The molecule has 0 saturated heterocycles. The fourth-order valence-corrected chi connectivity index (χ4v) is 3.01. The van der Waals surface area contributed by atoms with Crippen LogP contribution in [0.15, 0.2) is 21.1 Å². The first-order valence-electron chi connectivity index (χ1n) is 4.23. The standard InChI is InChI=1S/C9H13Br2NOSi/c1-14(2,3)13-9-5-8(12)6(10)4-7(9)11/h4-5H,12H2,1-3H3. The third-order valence-electron chi connectivity index (χ3n) is 1.47. The number of hydrogen-bond acceptors (Lipinski definition) is 2. The molecule has 0 aromatic heterocycles. The Morgan fingerprint density at radius 1 is 1.14 bits per heavy atom. The van der Waals surface area contributed by atoms with E-state index in [0.29, 0.717) is 5.69 Å². The summed E-state index contributed by atoms with van der Waals surface area (Å²) in [5.41, 5.74) is 6.47. The summed E-state index contributed by atoms with van der Waals surface area (Å²) in [6, 6.07) is 3.75. The van der Waals surface area contributed by atoms with Gasteiger partial charge >= 0.3 is 0 Å². The first kappa shape index (κ1) is 12.1. The van der Waals surface area contributed by atoms with Gasteiger partial charge in [0.2, 0.25) is 8.32 Å². The zero-order chi connectivity index (χ0) is 10.9. The van der Waals surface area contributed by atoms with Gasteiger partial charge in [0.25, 0.3) is 0 Å². The molecule has 2 N–H and O–H groups in total. The van der Waals surface area contributed by atoms with Crippen LogP contribution >= 0.6 is 31.9 Å². The first-order valence-corrected chi connectivity index (χ1v) is 9.22. The number of hydrogen-bond donors (Lipinski definition) is 1. The van der Waals surface area contributed by atoms with E-state index in [1.54, 1.807) is 0 Å². The van der Waals surface area contributed by atoms with Crippen molar-refractivity contribution < 1.29 is 4.43 Å². The van der Waals surface area contributed by atoms with E-state index in [0.717, 1.165) is 14.7 Å². The summed E-state index contributed by atoms with van der Waals surface area (Å²) in [4.78, 5) is 0. The number of nitrogen functional groups attached to an aromatic ring is 1. The fraction of sp³-hybridized carbons (Fsp3) is 0.333. The molecule has 0 radical (unpaired) electrons. The van der Waals surface area contributed by atoms with E-state index >= 15 is 0 Å². The molecule has 78 valence electrons. The van der Waals surface area contributed by atoms with Gasteiger partial charge in [-0.1, -0.05) is 0 Å². The normalized spacial score (nSPS) is 11.5. The molecule has 0 saturated carbocycles. The smallest absolute Gasteiger partial charge is 0.242 e. The number of halogens is 2. The highest BCUT2D eigenvalue weighted by molar-refractivity contribution is 9.11. The molecule has 0 aliphatic heterocycles. The lowest BCUT2D eigenvalue weighted by molar-refractivity contribution is 0.554. The Morgan fingerprint density at radius 3 is 2.21 bits per heavy atom. The second-order valence-corrected chi connectivity index (χ2v) is 10.2. The summed E-state index contributed by atoms with van der Waals surface area (Å²) in [5.74, 6) is 0.824. The molecule has 1 aromatic carbocycles. The molecular weight excluding hydrogens is 326 g/mol. The maximum atomic E-state index is 5.86. The van der Waals surface area contributed by atoms with Crippen LogP contribution in [0.5, 0.6) is 5.75 Å². The summed E-state index contributed by atoms with van der Waals surface area (Å²) >= 11 is 6.81. The maximum Gasteiger partial charge on any atom is 0.242 e. The van der Waals surface area contributed by atoms with Crippen LogP contribution in [-0.4, -0.2) is 8.32 Å². The van der Waals surface area contributed by atoms with Crippen molar-refractivity contribution in [1.82, 2.24) is 0 Å². The van der Waals surface area contributed by atoms with Crippen LogP contribution in [0.3, 0.4) is 0 Å². The lowest BCUT2D eigenvalue weighted by Gasteiger charge is -2.20. The first-order chi connectivity index (χ1) is 6.29. The van der Waals surface area contributed by atoms with Gasteiger partial charge < -0.3 is 10.2 Å². The largest absolute Gasteiger partial charge is 0.544 e. The zero-order valence-corrected chi connectivity index (χ0v) is 12.6. The van der Waals surface area contributed by atoms with Gasteiger partial charge in [-0.2, -0.15) is 0 Å². The van der Waals surface area contributed by atoms with Crippen LogP contribution in [0.2, 0.25) is 19.6 Å². The maximum absolute atomic E-state index is 5.86. The van der Waals surface area contributed by atoms with Gasteiger partial charge in [0.15, 0.2) is 0 Å². The third kappa shape index (κ3) is 3.29. The van der Waals surface area contributed by atoms with Crippen molar-refractivity contribution in [2.45, 2.75) is 19.6 Å². The predicted molar refractivity (Wildman–Crippen MR) is 70.2 cm³/mol. The van der Waals surface area contributed by atoms with Crippen LogP contribution in [0, 0.1) is 0 Å². The van der Waals surface area contributed by atoms with E-state index in [2.05, 4.69) is 51.5 Å². The van der Waals surface area contributed by atoms with Gasteiger partial charge in [0.05, 0.1) is 4.47 Å². The number of nitrogens with two attached hydrogens (primary N) is 1. The van der Waals surface area contributed by atoms with E-state index in [-0.39, 0.29) is 0 Å². The average Bonchev–Trinajstić information content (AvgIpc) is 1.97. The number of rotatable bonds is 2. The SMILES string of the molecule is C[Si](C)(C)Oc1cc(N)c(Br)cc1Br. The molecule has 0 unspecified atom stereocenters. The minimum absolute atomic E-state index is 0.696. The highest BCUT2D eigenvalue weighted by Crippen LogP contribution is 2.34. The van der Waals surface area contributed by atoms with E-state index in [9.17, 15) is 0 Å². The molecule has 0 atom stereocenters. The van der Waals surface area contributed by atoms with Crippen molar-refractivity contribution in [3.05, 3.63) is 21.1 Å². The minimum Gasteiger partial charge on any atom is -0.544 e. The Balaban J connectivity index is 3.04. The van der Waals surface area contributed by atoms with Crippen LogP contribution in [0.25, 0.3) is 0 Å². The fourth-order valence-electron chi connectivity index (χ4n) is 0.953. The predicted octanol–water partition coefficient (Wildman–Crippen LogP) is 4.01. The minimum atomic E-state index is -1.57. The van der Waals surface area contributed by atoms with Crippen molar-refractivity contribution in [2.75, 3.05) is 5.73 Å². The van der Waals surface area contributed by atoms with Crippen molar-refractivity contribution in [3.63, 3.8) is 0 Å². The summed E-state index contributed by atoms with van der Waals surface area (Å²) < 4.78 is 7.67. The molecule has 2 nitrogen and oxygen atoms in total. The van der Waals surface area contributed by atoms with E-state index in [4.69, 9.17) is 10.2 Å². The van der Waals surface area contributed by atoms with Crippen LogP contribution < -0.4 is 10.2 Å². The molecule has 0 fully saturated rings. The molecule has 0 bridgehead atoms. The highest BCUT2D eigenvalue weighted by Gasteiger charge is 2.18. The monoisotopic (exact) mass is 337 g/mol. The number of benzene rings is 1. The van der Waals surface area contributed by atoms with Crippen LogP contribution in [0.1, 0.15) is 0 Å². The van der Waals surface area contributed by atoms with Crippen molar-refractivity contribution in [2.24, 2.45) is 0 Å². The van der Waals surface area contributed by atoms with Gasteiger partial charge in [-0.05, 0) is 57.6 Å². The molecule has 0 aliphatic carbocycles. The Morgan fingerprint density at radius 2 is 1.71 bits per heavy atom. The lowest BCUT2D eigenvalue weighted by atomic mass is 10.3. The molecule has 14 heavy (non-hydrogen) atoms. The third-order valence-corrected chi connectivity index (χ3v) is 3.61. The summed E-state index contributed by atoms with van der Waals surface area (Å²) in [5, 5.41) is 0. The molecule has 0 spiro atoms. The van der Waals surface area contributed by atoms with Gasteiger partial charge in [0.1, 0.15) is 5.75 Å². The molecule has 1 aromatic rings. The van der Waals surface area contributed by atoms with Crippen molar-refractivity contribution >= 4 is 45.9 Å². The Labute approximate surface area is 102 Å². The zero-order valence-electron chi connectivity index (χ0n) is 8.40. The van der Waals surface area contributed by atoms with Gasteiger partial charge in [0, 0.05) is 16.2 Å². The Kier molecular flexibility index (Phi) is 3.66. The van der Waals surface area contributed by atoms with E-state index in [1.165, 1.54) is 0 Å². The Bertz CT molecular complexity index is 349. The molecule has 0 aliphatic rings. The second-order valence-electron chi connectivity index (χ2n) is 4.02. The highest BCUT2D eigenvalue weighted by atomic mass is 79.9. The number of anilines is 1. The van der Waals surface area contributed by atoms with Gasteiger partial charge in [-0.3, -0.25) is 0 Å². The summed E-state index contributed by atoms with van der Waals surface area (Å²) in [7, 11) is -1.57. The van der Waals surface area contributed by atoms with Gasteiger partial charge in [-0.15, -0.1) is 0 Å². The molecular formula is C9H13Br2NOSi. The molecule has 5 heteroatoms. The second kappa shape index (κ2) is 4.24. The average molecular weight is 339 g/mol. The molecule has 0 amide bonds. The van der Waals surface area contributed by atoms with Crippen LogP contribution in [0.4, 0.5) is 5.69 Å². The molecule has 1 rings (SSSR count).